The molecule has 0 unspecified atom stereocenters. The lowest BCUT2D eigenvalue weighted by Gasteiger charge is -2.50. The van der Waals surface area contributed by atoms with E-state index in [0.29, 0.717) is 19.1 Å². The largest absolute Gasteiger partial charge is 0.469 e. The van der Waals surface area contributed by atoms with Crippen LogP contribution in [-0.4, -0.2) is 49.1 Å². The highest BCUT2D eigenvalue weighted by atomic mass is 79.9. The molecular weight excluding hydrogens is 672 g/mol. The highest BCUT2D eigenvalue weighted by Crippen LogP contribution is 2.56. The fourth-order valence-corrected chi connectivity index (χ4v) is 9.00. The van der Waals surface area contributed by atoms with Gasteiger partial charge in [0.15, 0.2) is 0 Å². The molecule has 6 nitrogen and oxygen atoms in total. The summed E-state index contributed by atoms with van der Waals surface area (Å²) in [5.41, 5.74) is 3.73. The number of benzene rings is 3. The van der Waals surface area contributed by atoms with Gasteiger partial charge in [-0.1, -0.05) is 74.3 Å². The number of piperidine rings is 1. The van der Waals surface area contributed by atoms with E-state index < -0.39 is 5.41 Å². The molecule has 0 radical (unpaired) electrons. The van der Waals surface area contributed by atoms with Gasteiger partial charge in [0.2, 0.25) is 5.91 Å². The van der Waals surface area contributed by atoms with Gasteiger partial charge >= 0.3 is 5.97 Å². The molecule has 1 amide bonds. The Bertz CT molecular complexity index is 1510. The van der Waals surface area contributed by atoms with Crippen LogP contribution in [0.4, 0.5) is 5.69 Å². The normalized spacial score (nSPS) is 29.8. The van der Waals surface area contributed by atoms with Crippen LogP contribution in [0.3, 0.4) is 0 Å². The van der Waals surface area contributed by atoms with Gasteiger partial charge in [0, 0.05) is 27.2 Å². The van der Waals surface area contributed by atoms with Crippen LogP contribution in [-0.2, 0) is 37.6 Å². The molecule has 0 bridgehead atoms. The topological polar surface area (TPSA) is 59.1 Å². The van der Waals surface area contributed by atoms with Crippen LogP contribution in [0.2, 0.25) is 0 Å². The fraction of sp³-hybridized carbons (Fsp3) is 0.429. The minimum Gasteiger partial charge on any atom is -0.469 e. The Morgan fingerprint density at radius 3 is 2.37 bits per heavy atom. The predicted octanol–water partition coefficient (Wildman–Crippen LogP) is 6.88. The number of methoxy groups -OCH3 is 1. The van der Waals surface area contributed by atoms with Crippen LogP contribution >= 0.6 is 31.9 Å². The van der Waals surface area contributed by atoms with Crippen LogP contribution < -0.4 is 4.90 Å². The number of ether oxygens (including phenoxy) is 2. The summed E-state index contributed by atoms with van der Waals surface area (Å²) < 4.78 is 14.0. The molecular formula is C35H36Br2N2O4. The molecule has 3 fully saturated rings. The lowest BCUT2D eigenvalue weighted by Crippen LogP contribution is -2.58. The van der Waals surface area contributed by atoms with Gasteiger partial charge in [-0.3, -0.25) is 14.5 Å². The first-order chi connectivity index (χ1) is 20.9. The second kappa shape index (κ2) is 11.8. The van der Waals surface area contributed by atoms with E-state index in [9.17, 15) is 9.59 Å². The number of amides is 1. The van der Waals surface area contributed by atoms with Crippen LogP contribution in [0.25, 0.3) is 0 Å². The van der Waals surface area contributed by atoms with Gasteiger partial charge < -0.3 is 14.4 Å². The summed E-state index contributed by atoms with van der Waals surface area (Å²) in [5.74, 6) is 0.146. The molecule has 7 rings (SSSR count). The van der Waals surface area contributed by atoms with Gasteiger partial charge in [-0.15, -0.1) is 0 Å². The van der Waals surface area contributed by atoms with Gasteiger partial charge in [-0.2, -0.15) is 0 Å². The number of nitrogens with zero attached hydrogens (tertiary/aromatic N) is 2. The highest BCUT2D eigenvalue weighted by Gasteiger charge is 2.63. The van der Waals surface area contributed by atoms with Crippen LogP contribution in [0.1, 0.15) is 42.4 Å². The van der Waals surface area contributed by atoms with Gasteiger partial charge in [-0.25, -0.2) is 0 Å². The molecule has 6 atom stereocenters. The van der Waals surface area contributed by atoms with E-state index in [-0.39, 0.29) is 35.9 Å². The molecule has 3 aliphatic heterocycles. The predicted molar refractivity (Wildman–Crippen MR) is 172 cm³/mol. The Kier molecular flexibility index (Phi) is 7.99. The monoisotopic (exact) mass is 706 g/mol. The number of para-hydroxylation sites is 1. The van der Waals surface area contributed by atoms with E-state index in [1.165, 1.54) is 7.11 Å². The van der Waals surface area contributed by atoms with Crippen molar-refractivity contribution >= 4 is 49.4 Å². The van der Waals surface area contributed by atoms with Crippen LogP contribution in [0.15, 0.2) is 81.7 Å². The molecule has 0 N–H and O–H groups in total. The van der Waals surface area contributed by atoms with Crippen molar-refractivity contribution in [2.45, 2.75) is 56.4 Å². The Morgan fingerprint density at radius 2 is 1.65 bits per heavy atom. The molecule has 4 aliphatic rings. The van der Waals surface area contributed by atoms with Crippen molar-refractivity contribution in [3.05, 3.63) is 98.4 Å². The maximum absolute atomic E-state index is 14.7. The zero-order valence-electron chi connectivity index (χ0n) is 24.3. The van der Waals surface area contributed by atoms with E-state index in [4.69, 9.17) is 9.47 Å². The molecule has 3 aromatic rings. The van der Waals surface area contributed by atoms with E-state index in [1.807, 2.05) is 47.4 Å². The molecule has 224 valence electrons. The molecule has 1 spiro atoms. The fourth-order valence-electron chi connectivity index (χ4n) is 8.47. The molecule has 3 heterocycles. The third kappa shape index (κ3) is 5.08. The third-order valence-corrected chi connectivity index (χ3v) is 11.5. The Morgan fingerprint density at radius 1 is 0.953 bits per heavy atom. The maximum atomic E-state index is 14.7. The summed E-state index contributed by atoms with van der Waals surface area (Å²) in [5, 5.41) is 0. The van der Waals surface area contributed by atoms with Crippen LogP contribution in [0.5, 0.6) is 0 Å². The van der Waals surface area contributed by atoms with Gasteiger partial charge in [-0.05, 0) is 91.1 Å². The summed E-state index contributed by atoms with van der Waals surface area (Å²) in [4.78, 5) is 32.6. The number of carbonyl (C=O) groups is 2. The lowest BCUT2D eigenvalue weighted by atomic mass is 9.62. The number of anilines is 1. The van der Waals surface area contributed by atoms with Crippen molar-refractivity contribution in [1.82, 2.24) is 4.90 Å². The Labute approximate surface area is 270 Å². The van der Waals surface area contributed by atoms with Gasteiger partial charge in [0.25, 0.3) is 0 Å². The Balaban J connectivity index is 1.18. The lowest BCUT2D eigenvalue weighted by molar-refractivity contribution is -0.165. The molecule has 0 aromatic heterocycles. The number of halogens is 2. The number of carbonyl (C=O) groups excluding carboxylic acids is 2. The van der Waals surface area contributed by atoms with Crippen LogP contribution in [0, 0.1) is 17.8 Å². The number of rotatable bonds is 6. The average Bonchev–Trinajstić information content (AvgIpc) is 3.51. The number of fused-ring (bicyclic) bond motifs is 5. The second-order valence-corrected chi connectivity index (χ2v) is 14.4. The SMILES string of the molecule is COC(=O)[C@@H]1[C@H]2C[C@@H]3N(CC[C@@]34C(=O)N(Cc3ccc(Br)cc3)c3ccccc34)C[C@@H]2CC[C@@H]1OCc1ccc(Br)cc1. The van der Waals surface area contributed by atoms with E-state index in [2.05, 4.69) is 67.1 Å². The van der Waals surface area contributed by atoms with E-state index in [0.717, 1.165) is 70.1 Å². The zero-order chi connectivity index (χ0) is 29.7. The summed E-state index contributed by atoms with van der Waals surface area (Å²) in [6.45, 7) is 2.80. The highest BCUT2D eigenvalue weighted by molar-refractivity contribution is 9.10. The standard InChI is InChI=1S/C35H36Br2N2O4/c1-42-33(40)32-27-18-31-35(28-4-2-3-5-29(28)39(34(35)41)19-22-6-11-25(36)12-7-22)16-17-38(31)20-24(27)10-15-30(32)43-21-23-8-13-26(37)14-9-23/h2-9,11-14,24,27,30-32H,10,15-21H2,1H3/t24-,27-,30-,31-,32+,35-/m0/s1. The number of hydrogen-bond acceptors (Lipinski definition) is 5. The summed E-state index contributed by atoms with van der Waals surface area (Å²) >= 11 is 7.03. The number of esters is 1. The maximum Gasteiger partial charge on any atom is 0.311 e. The van der Waals surface area contributed by atoms with Crippen molar-refractivity contribution in [2.24, 2.45) is 17.8 Å². The van der Waals surface area contributed by atoms with Crippen molar-refractivity contribution < 1.29 is 19.1 Å². The van der Waals surface area contributed by atoms with Gasteiger partial charge in [0.1, 0.15) is 0 Å². The van der Waals surface area contributed by atoms with Crippen molar-refractivity contribution in [3.63, 3.8) is 0 Å². The Hall–Kier alpha value is -2.52. The first kappa shape index (κ1) is 29.2. The molecule has 8 heteroatoms. The zero-order valence-corrected chi connectivity index (χ0v) is 27.4. The van der Waals surface area contributed by atoms with E-state index >= 15 is 0 Å². The van der Waals surface area contributed by atoms with Crippen molar-refractivity contribution in [1.29, 1.82) is 0 Å². The first-order valence-electron chi connectivity index (χ1n) is 15.2. The quantitative estimate of drug-likeness (QED) is 0.262. The van der Waals surface area contributed by atoms with Gasteiger partial charge in [0.05, 0.1) is 37.7 Å². The summed E-state index contributed by atoms with van der Waals surface area (Å²) in [6.07, 6.45) is 3.23. The molecule has 2 saturated heterocycles. The van der Waals surface area contributed by atoms with Crippen molar-refractivity contribution in [3.8, 4) is 0 Å². The number of hydrogen-bond donors (Lipinski definition) is 0. The minimum atomic E-state index is -0.608. The van der Waals surface area contributed by atoms with Crippen molar-refractivity contribution in [2.75, 3.05) is 25.1 Å². The minimum absolute atomic E-state index is 0.0368. The second-order valence-electron chi connectivity index (χ2n) is 12.5. The smallest absolute Gasteiger partial charge is 0.311 e. The van der Waals surface area contributed by atoms with E-state index in [1.54, 1.807) is 0 Å². The summed E-state index contributed by atoms with van der Waals surface area (Å²) in [6, 6.07) is 24.7. The summed E-state index contributed by atoms with van der Waals surface area (Å²) in [7, 11) is 1.49. The molecule has 1 aliphatic carbocycles. The average molecular weight is 708 g/mol. The molecule has 43 heavy (non-hydrogen) atoms. The molecule has 3 aromatic carbocycles. The third-order valence-electron chi connectivity index (χ3n) is 10.5. The molecule has 1 saturated carbocycles. The first-order valence-corrected chi connectivity index (χ1v) is 16.8.